The fraction of sp³-hybridized carbons (Fsp3) is 0.0800. The number of nitrogens with zero attached hydrogens (tertiary/aromatic N) is 1. The van der Waals surface area contributed by atoms with E-state index < -0.39 is 23.6 Å². The zero-order valence-electron chi connectivity index (χ0n) is 18.8. The third kappa shape index (κ3) is 7.98. The van der Waals surface area contributed by atoms with E-state index in [1.165, 1.54) is 36.4 Å². The van der Waals surface area contributed by atoms with Crippen LogP contribution in [0.5, 0.6) is 5.75 Å². The van der Waals surface area contributed by atoms with Gasteiger partial charge in [-0.15, -0.1) is 0 Å². The van der Waals surface area contributed by atoms with Gasteiger partial charge in [0.1, 0.15) is 17.4 Å². The van der Waals surface area contributed by atoms with Gasteiger partial charge in [0, 0.05) is 11.4 Å². The van der Waals surface area contributed by atoms with Gasteiger partial charge < -0.3 is 15.4 Å². The molecule has 0 saturated heterocycles. The van der Waals surface area contributed by atoms with E-state index in [9.17, 15) is 28.0 Å². The Kier molecular flexibility index (Phi) is 9.84. The SMILES string of the molecule is N#C/C(=C\c1cc(Br)c(OCC(=O)Nc2ccc(Cl)c(Cl)c2)c(Br)c1)C(=O)Nc1cccc(C(F)(F)F)c1. The van der Waals surface area contributed by atoms with E-state index in [4.69, 9.17) is 27.9 Å². The van der Waals surface area contributed by atoms with Gasteiger partial charge in [0.2, 0.25) is 0 Å². The zero-order chi connectivity index (χ0) is 28.0. The van der Waals surface area contributed by atoms with Crippen LogP contribution in [0.25, 0.3) is 6.08 Å². The summed E-state index contributed by atoms with van der Waals surface area (Å²) in [5, 5.41) is 15.0. The monoisotopic (exact) mass is 689 g/mol. The third-order valence-electron chi connectivity index (χ3n) is 4.70. The van der Waals surface area contributed by atoms with Crippen LogP contribution >= 0.6 is 55.1 Å². The lowest BCUT2D eigenvalue weighted by Gasteiger charge is -2.12. The Balaban J connectivity index is 1.70. The van der Waals surface area contributed by atoms with E-state index in [1.807, 2.05) is 0 Å². The molecule has 0 spiro atoms. The van der Waals surface area contributed by atoms with Crippen molar-refractivity contribution in [3.8, 4) is 11.8 Å². The van der Waals surface area contributed by atoms with Gasteiger partial charge in [0.25, 0.3) is 11.8 Å². The quantitative estimate of drug-likeness (QED) is 0.194. The Morgan fingerprint density at radius 2 is 1.63 bits per heavy atom. The second kappa shape index (κ2) is 12.7. The average Bonchev–Trinajstić information content (AvgIpc) is 2.84. The first-order valence-corrected chi connectivity index (χ1v) is 12.7. The maximum atomic E-state index is 12.9. The van der Waals surface area contributed by atoms with Crippen LogP contribution in [0.4, 0.5) is 24.5 Å². The van der Waals surface area contributed by atoms with Crippen molar-refractivity contribution in [3.05, 3.63) is 90.3 Å². The maximum Gasteiger partial charge on any atom is 0.416 e. The summed E-state index contributed by atoms with van der Waals surface area (Å²) < 4.78 is 45.2. The number of ether oxygens (including phenoxy) is 1. The molecule has 3 aromatic rings. The lowest BCUT2D eigenvalue weighted by atomic mass is 10.1. The Bertz CT molecular complexity index is 1450. The van der Waals surface area contributed by atoms with Gasteiger partial charge in [-0.05, 0) is 92.0 Å². The number of alkyl halides is 3. The number of anilines is 2. The van der Waals surface area contributed by atoms with Crippen LogP contribution in [0.1, 0.15) is 11.1 Å². The first-order valence-electron chi connectivity index (χ1n) is 10.3. The summed E-state index contributed by atoms with van der Waals surface area (Å²) in [7, 11) is 0. The molecule has 6 nitrogen and oxygen atoms in total. The second-order valence-electron chi connectivity index (χ2n) is 7.48. The highest BCUT2D eigenvalue weighted by atomic mass is 79.9. The number of carbonyl (C=O) groups excluding carboxylic acids is 2. The molecule has 13 heteroatoms. The van der Waals surface area contributed by atoms with E-state index in [2.05, 4.69) is 42.5 Å². The lowest BCUT2D eigenvalue weighted by Crippen LogP contribution is -2.20. The van der Waals surface area contributed by atoms with Crippen LogP contribution in [-0.4, -0.2) is 18.4 Å². The number of amides is 2. The molecule has 0 aliphatic rings. The van der Waals surface area contributed by atoms with Crippen molar-refractivity contribution in [3.63, 3.8) is 0 Å². The number of halogens is 7. The van der Waals surface area contributed by atoms with Gasteiger partial charge in [-0.3, -0.25) is 9.59 Å². The van der Waals surface area contributed by atoms with Crippen molar-refractivity contribution in [1.82, 2.24) is 0 Å². The summed E-state index contributed by atoms with van der Waals surface area (Å²) in [6, 6.07) is 13.5. The largest absolute Gasteiger partial charge is 0.481 e. The highest BCUT2D eigenvalue weighted by molar-refractivity contribution is 9.11. The standard InChI is InChI=1S/C25H14Br2Cl2F3N3O3/c26-18-7-13(6-14(11-33)24(37)35-16-3-1-2-15(9-16)25(30,31)32)8-19(27)23(18)38-12-22(36)34-17-4-5-20(28)21(29)10-17/h1-10H,12H2,(H,34,36)(H,35,37)/b14-6+. The van der Waals surface area contributed by atoms with Crippen LogP contribution < -0.4 is 15.4 Å². The number of rotatable bonds is 7. The van der Waals surface area contributed by atoms with Gasteiger partial charge >= 0.3 is 6.18 Å². The molecular formula is C25H14Br2Cl2F3N3O3. The molecule has 0 atom stereocenters. The number of hydrogen-bond donors (Lipinski definition) is 2. The second-order valence-corrected chi connectivity index (χ2v) is 10.0. The molecule has 2 N–H and O–H groups in total. The Hall–Kier alpha value is -3.04. The van der Waals surface area contributed by atoms with E-state index in [1.54, 1.807) is 12.1 Å². The highest BCUT2D eigenvalue weighted by Crippen LogP contribution is 2.36. The molecule has 0 unspecified atom stereocenters. The number of carbonyl (C=O) groups is 2. The topological polar surface area (TPSA) is 91.2 Å². The maximum absolute atomic E-state index is 12.9. The summed E-state index contributed by atoms with van der Waals surface area (Å²) >= 11 is 18.4. The average molecular weight is 692 g/mol. The minimum atomic E-state index is -4.58. The van der Waals surface area contributed by atoms with E-state index in [-0.39, 0.29) is 28.6 Å². The molecule has 0 aromatic heterocycles. The van der Waals surface area contributed by atoms with Gasteiger partial charge in [-0.2, -0.15) is 18.4 Å². The Morgan fingerprint density at radius 1 is 0.974 bits per heavy atom. The normalized spacial score (nSPS) is 11.5. The van der Waals surface area contributed by atoms with E-state index in [0.29, 0.717) is 25.2 Å². The Labute approximate surface area is 241 Å². The smallest absolute Gasteiger partial charge is 0.416 e. The van der Waals surface area contributed by atoms with Crippen molar-refractivity contribution in [2.45, 2.75) is 6.18 Å². The lowest BCUT2D eigenvalue weighted by molar-refractivity contribution is -0.137. The van der Waals surface area contributed by atoms with Crippen molar-refractivity contribution in [2.24, 2.45) is 0 Å². The predicted molar refractivity (Wildman–Crippen MR) is 146 cm³/mol. The van der Waals surface area contributed by atoms with Gasteiger partial charge in [0.05, 0.1) is 24.6 Å². The predicted octanol–water partition coefficient (Wildman–Crippen LogP) is 8.10. The van der Waals surface area contributed by atoms with Gasteiger partial charge in [0.15, 0.2) is 6.61 Å². The molecule has 0 aliphatic heterocycles. The number of nitrogens with one attached hydrogen (secondary N) is 2. The first kappa shape index (κ1) is 29.5. The van der Waals surface area contributed by atoms with Crippen molar-refractivity contribution >= 4 is 84.3 Å². The number of hydrogen-bond acceptors (Lipinski definition) is 4. The summed E-state index contributed by atoms with van der Waals surface area (Å²) in [5.41, 5.74) is -0.579. The van der Waals surface area contributed by atoms with Crippen LogP contribution in [0.2, 0.25) is 10.0 Å². The van der Waals surface area contributed by atoms with E-state index in [0.717, 1.165) is 18.2 Å². The van der Waals surface area contributed by atoms with Crippen LogP contribution in [0.3, 0.4) is 0 Å². The summed E-state index contributed by atoms with van der Waals surface area (Å²) in [6.45, 7) is -0.352. The molecule has 0 radical (unpaired) electrons. The van der Waals surface area contributed by atoms with Gasteiger partial charge in [-0.25, -0.2) is 0 Å². The fourth-order valence-electron chi connectivity index (χ4n) is 3.00. The molecule has 0 heterocycles. The first-order chi connectivity index (χ1) is 17.9. The zero-order valence-corrected chi connectivity index (χ0v) is 23.5. The van der Waals surface area contributed by atoms with Crippen LogP contribution in [0.15, 0.2) is 69.1 Å². The summed E-state index contributed by atoms with van der Waals surface area (Å²) in [6.07, 6.45) is -3.33. The minimum absolute atomic E-state index is 0.115. The number of benzene rings is 3. The Morgan fingerprint density at radius 3 is 2.24 bits per heavy atom. The van der Waals surface area contributed by atoms with Crippen molar-refractivity contribution < 1.29 is 27.5 Å². The van der Waals surface area contributed by atoms with Crippen LogP contribution in [0, 0.1) is 11.3 Å². The molecule has 3 aromatic carbocycles. The van der Waals surface area contributed by atoms with Crippen LogP contribution in [-0.2, 0) is 15.8 Å². The van der Waals surface area contributed by atoms with E-state index >= 15 is 0 Å². The molecule has 3 rings (SSSR count). The van der Waals surface area contributed by atoms with Crippen molar-refractivity contribution in [1.29, 1.82) is 5.26 Å². The molecule has 0 aliphatic carbocycles. The molecule has 0 fully saturated rings. The summed E-state index contributed by atoms with van der Waals surface area (Å²) in [4.78, 5) is 24.8. The summed E-state index contributed by atoms with van der Waals surface area (Å²) in [5.74, 6) is -1.08. The molecular weight excluding hydrogens is 678 g/mol. The third-order valence-corrected chi connectivity index (χ3v) is 6.61. The highest BCUT2D eigenvalue weighted by Gasteiger charge is 2.30. The van der Waals surface area contributed by atoms with Crippen molar-refractivity contribution in [2.75, 3.05) is 17.2 Å². The fourth-order valence-corrected chi connectivity index (χ4v) is 4.75. The molecule has 0 bridgehead atoms. The molecule has 38 heavy (non-hydrogen) atoms. The molecule has 0 saturated carbocycles. The number of nitriles is 1. The minimum Gasteiger partial charge on any atom is -0.481 e. The molecule has 196 valence electrons. The van der Waals surface area contributed by atoms with Gasteiger partial charge in [-0.1, -0.05) is 29.3 Å². The molecule has 2 amide bonds.